The third-order valence-corrected chi connectivity index (χ3v) is 5.32. The Hall–Kier alpha value is -1.99. The van der Waals surface area contributed by atoms with Gasteiger partial charge in [0.05, 0.1) is 25.1 Å². The Morgan fingerprint density at radius 3 is 2.92 bits per heavy atom. The maximum Gasteiger partial charge on any atom is 0.222 e. The number of imidazole rings is 1. The molecule has 4 heterocycles. The highest BCUT2D eigenvalue weighted by Gasteiger charge is 2.26. The van der Waals surface area contributed by atoms with Crippen molar-refractivity contribution in [1.29, 1.82) is 0 Å². The van der Waals surface area contributed by atoms with Crippen molar-refractivity contribution in [2.24, 2.45) is 11.8 Å². The summed E-state index contributed by atoms with van der Waals surface area (Å²) in [5.74, 6) is 0.985. The smallest absolute Gasteiger partial charge is 0.222 e. The molecular weight excluding hydrogens is 332 g/mol. The van der Waals surface area contributed by atoms with Crippen LogP contribution in [0.25, 0.3) is 5.65 Å². The molecule has 2 aromatic rings. The van der Waals surface area contributed by atoms with Crippen molar-refractivity contribution in [2.75, 3.05) is 39.5 Å². The Morgan fingerprint density at radius 1 is 1.15 bits per heavy atom. The molecule has 0 spiro atoms. The molecule has 2 aliphatic rings. The molecule has 2 fully saturated rings. The zero-order chi connectivity index (χ0) is 17.8. The molecule has 1 amide bonds. The largest absolute Gasteiger partial charge is 0.381 e. The van der Waals surface area contributed by atoms with Gasteiger partial charge in [-0.15, -0.1) is 0 Å². The van der Waals surface area contributed by atoms with E-state index in [4.69, 9.17) is 9.47 Å². The number of ether oxygens (including phenoxy) is 2. The van der Waals surface area contributed by atoms with Gasteiger partial charge < -0.3 is 18.8 Å². The molecule has 1 atom stereocenters. The topological polar surface area (TPSA) is 69.0 Å². The van der Waals surface area contributed by atoms with Gasteiger partial charge in [-0.2, -0.15) is 0 Å². The first-order valence-electron chi connectivity index (χ1n) is 9.49. The summed E-state index contributed by atoms with van der Waals surface area (Å²) >= 11 is 0. The van der Waals surface area contributed by atoms with Crippen molar-refractivity contribution in [3.63, 3.8) is 0 Å². The van der Waals surface area contributed by atoms with Crippen LogP contribution in [0.2, 0.25) is 0 Å². The first-order valence-corrected chi connectivity index (χ1v) is 9.49. The van der Waals surface area contributed by atoms with Crippen LogP contribution < -0.4 is 0 Å². The second kappa shape index (κ2) is 8.14. The summed E-state index contributed by atoms with van der Waals surface area (Å²) in [6.07, 6.45) is 10.9. The summed E-state index contributed by atoms with van der Waals surface area (Å²) in [6.45, 7) is 4.28. The number of hydrogen-bond acceptors (Lipinski definition) is 5. The lowest BCUT2D eigenvalue weighted by Gasteiger charge is -2.27. The van der Waals surface area contributed by atoms with E-state index < -0.39 is 0 Å². The summed E-state index contributed by atoms with van der Waals surface area (Å²) in [7, 11) is 0. The van der Waals surface area contributed by atoms with Crippen molar-refractivity contribution >= 4 is 11.6 Å². The maximum absolute atomic E-state index is 12.8. The van der Waals surface area contributed by atoms with Gasteiger partial charge in [0.25, 0.3) is 0 Å². The average Bonchev–Trinajstić information content (AvgIpc) is 3.00. The fourth-order valence-electron chi connectivity index (χ4n) is 3.83. The molecule has 0 aliphatic carbocycles. The van der Waals surface area contributed by atoms with E-state index in [-0.39, 0.29) is 11.8 Å². The molecule has 2 saturated heterocycles. The van der Waals surface area contributed by atoms with E-state index in [2.05, 4.69) is 9.97 Å². The van der Waals surface area contributed by atoms with Gasteiger partial charge in [-0.25, -0.2) is 4.98 Å². The molecule has 7 nitrogen and oxygen atoms in total. The Balaban J connectivity index is 1.37. The molecule has 4 rings (SSSR count). The fourth-order valence-corrected chi connectivity index (χ4v) is 3.83. The quantitative estimate of drug-likeness (QED) is 0.830. The molecule has 26 heavy (non-hydrogen) atoms. The molecule has 2 aliphatic heterocycles. The third-order valence-electron chi connectivity index (χ3n) is 5.32. The Bertz CT molecular complexity index is 741. The maximum atomic E-state index is 12.8. The van der Waals surface area contributed by atoms with E-state index in [9.17, 15) is 4.79 Å². The highest BCUT2D eigenvalue weighted by molar-refractivity contribution is 5.76. The number of rotatable bonds is 4. The molecular formula is C19H26N4O3. The highest BCUT2D eigenvalue weighted by Crippen LogP contribution is 2.21. The number of aromatic nitrogens is 3. The molecule has 0 saturated carbocycles. The SMILES string of the molecule is O=C(CC1CCOCC1)N1CCOC[C@@H](Cc2cn3ccnc3cn2)C1. The van der Waals surface area contributed by atoms with Crippen LogP contribution in [0.4, 0.5) is 0 Å². The van der Waals surface area contributed by atoms with Gasteiger partial charge >= 0.3 is 0 Å². The van der Waals surface area contributed by atoms with Gasteiger partial charge in [0, 0.05) is 57.2 Å². The predicted octanol–water partition coefficient (Wildman–Crippen LogP) is 1.56. The van der Waals surface area contributed by atoms with Gasteiger partial charge in [-0.1, -0.05) is 0 Å². The zero-order valence-electron chi connectivity index (χ0n) is 15.0. The lowest BCUT2D eigenvalue weighted by Crippen LogP contribution is -2.38. The van der Waals surface area contributed by atoms with E-state index in [0.29, 0.717) is 32.1 Å². The Kier molecular flexibility index (Phi) is 5.45. The monoisotopic (exact) mass is 358 g/mol. The van der Waals surface area contributed by atoms with Gasteiger partial charge in [-0.05, 0) is 25.2 Å². The molecule has 0 N–H and O–H groups in total. The van der Waals surface area contributed by atoms with Gasteiger partial charge in [0.2, 0.25) is 5.91 Å². The minimum absolute atomic E-state index is 0.255. The van der Waals surface area contributed by atoms with Crippen molar-refractivity contribution < 1.29 is 14.3 Å². The van der Waals surface area contributed by atoms with Crippen LogP contribution in [-0.4, -0.2) is 64.7 Å². The van der Waals surface area contributed by atoms with Gasteiger partial charge in [0.1, 0.15) is 0 Å². The fraction of sp³-hybridized carbons (Fsp3) is 0.632. The van der Waals surface area contributed by atoms with Crippen molar-refractivity contribution in [2.45, 2.75) is 25.7 Å². The lowest BCUT2D eigenvalue weighted by atomic mass is 9.95. The second-order valence-corrected chi connectivity index (χ2v) is 7.32. The van der Waals surface area contributed by atoms with E-state index in [1.54, 1.807) is 12.4 Å². The second-order valence-electron chi connectivity index (χ2n) is 7.32. The van der Waals surface area contributed by atoms with E-state index in [1.165, 1.54) is 0 Å². The van der Waals surface area contributed by atoms with E-state index in [0.717, 1.165) is 50.4 Å². The highest BCUT2D eigenvalue weighted by atomic mass is 16.5. The van der Waals surface area contributed by atoms with Crippen molar-refractivity contribution in [3.8, 4) is 0 Å². The molecule has 2 aromatic heterocycles. The molecule has 0 radical (unpaired) electrons. The summed E-state index contributed by atoms with van der Waals surface area (Å²) < 4.78 is 13.1. The van der Waals surface area contributed by atoms with E-state index >= 15 is 0 Å². The van der Waals surface area contributed by atoms with Crippen molar-refractivity contribution in [3.05, 3.63) is 30.5 Å². The minimum Gasteiger partial charge on any atom is -0.381 e. The number of nitrogens with zero attached hydrogens (tertiary/aromatic N) is 4. The average molecular weight is 358 g/mol. The van der Waals surface area contributed by atoms with Gasteiger partial charge in [-0.3, -0.25) is 9.78 Å². The van der Waals surface area contributed by atoms with Crippen LogP contribution in [0.15, 0.2) is 24.8 Å². The Morgan fingerprint density at radius 2 is 2.04 bits per heavy atom. The lowest BCUT2D eigenvalue weighted by molar-refractivity contribution is -0.133. The first kappa shape index (κ1) is 17.4. The molecule has 0 unspecified atom stereocenters. The molecule has 7 heteroatoms. The summed E-state index contributed by atoms with van der Waals surface area (Å²) in [5.41, 5.74) is 1.85. The van der Waals surface area contributed by atoms with Crippen molar-refractivity contribution in [1.82, 2.24) is 19.3 Å². The minimum atomic E-state index is 0.255. The number of amides is 1. The van der Waals surface area contributed by atoms with Crippen LogP contribution in [0.1, 0.15) is 25.0 Å². The summed E-state index contributed by atoms with van der Waals surface area (Å²) in [6, 6.07) is 0. The van der Waals surface area contributed by atoms with Crippen LogP contribution in [0.5, 0.6) is 0 Å². The number of hydrogen-bond donors (Lipinski definition) is 0. The molecule has 0 bridgehead atoms. The van der Waals surface area contributed by atoms with E-state index in [1.807, 2.05) is 21.7 Å². The standard InChI is InChI=1S/C19H26N4O3/c24-19(10-15-1-6-25-7-2-15)23-5-8-26-14-16(12-23)9-17-13-22-4-3-20-18(22)11-21-17/h3-4,11,13,15-16H,1-2,5-10,12,14H2/t16-/m0/s1. The van der Waals surface area contributed by atoms with Crippen LogP contribution >= 0.6 is 0 Å². The number of carbonyl (C=O) groups is 1. The zero-order valence-corrected chi connectivity index (χ0v) is 15.0. The number of fused-ring (bicyclic) bond motifs is 1. The van der Waals surface area contributed by atoms with Crippen LogP contribution in [-0.2, 0) is 20.7 Å². The first-order chi connectivity index (χ1) is 12.8. The van der Waals surface area contributed by atoms with Gasteiger partial charge in [0.15, 0.2) is 5.65 Å². The third kappa shape index (κ3) is 4.22. The predicted molar refractivity (Wildman–Crippen MR) is 95.7 cm³/mol. The molecule has 0 aromatic carbocycles. The Labute approximate surface area is 153 Å². The van der Waals surface area contributed by atoms with Crippen LogP contribution in [0, 0.1) is 11.8 Å². The van der Waals surface area contributed by atoms with Crippen LogP contribution in [0.3, 0.4) is 0 Å². The molecule has 140 valence electrons. The summed E-state index contributed by atoms with van der Waals surface area (Å²) in [4.78, 5) is 23.5. The summed E-state index contributed by atoms with van der Waals surface area (Å²) in [5, 5.41) is 0. The normalized spacial score (nSPS) is 22.5. The number of carbonyl (C=O) groups excluding carboxylic acids is 1.